The van der Waals surface area contributed by atoms with Crippen molar-refractivity contribution in [2.75, 3.05) is 13.6 Å². The summed E-state index contributed by atoms with van der Waals surface area (Å²) in [5.41, 5.74) is 1.26. The summed E-state index contributed by atoms with van der Waals surface area (Å²) in [6.45, 7) is 6.08. The lowest BCUT2D eigenvalue weighted by Crippen LogP contribution is -2.38. The zero-order chi connectivity index (χ0) is 14.4. The van der Waals surface area contributed by atoms with E-state index >= 15 is 0 Å². The second kappa shape index (κ2) is 6.94. The van der Waals surface area contributed by atoms with Gasteiger partial charge in [0.25, 0.3) is 0 Å². The highest BCUT2D eigenvalue weighted by molar-refractivity contribution is 5.83. The van der Waals surface area contributed by atoms with Crippen LogP contribution in [0.4, 0.5) is 0 Å². The highest BCUT2D eigenvalue weighted by Gasteiger charge is 2.00. The predicted octanol–water partition coefficient (Wildman–Crippen LogP) is 3.16. The molecule has 3 nitrogen and oxygen atoms in total. The molecule has 0 unspecified atom stereocenters. The molecule has 0 bridgehead atoms. The Bertz CT molecular complexity index is 588. The number of aliphatic imine (C=N–C) groups is 1. The summed E-state index contributed by atoms with van der Waals surface area (Å²) < 4.78 is 0. The summed E-state index contributed by atoms with van der Waals surface area (Å²) in [4.78, 5) is 4.23. The van der Waals surface area contributed by atoms with Crippen molar-refractivity contribution in [3.8, 4) is 0 Å². The van der Waals surface area contributed by atoms with Gasteiger partial charge < -0.3 is 10.6 Å². The Morgan fingerprint density at radius 1 is 1.05 bits per heavy atom. The number of nitrogens with one attached hydrogen (secondary N) is 2. The van der Waals surface area contributed by atoms with Crippen molar-refractivity contribution < 1.29 is 0 Å². The predicted molar refractivity (Wildman–Crippen MR) is 87.0 cm³/mol. The fraction of sp³-hybridized carbons (Fsp3) is 0.353. The Balaban J connectivity index is 1.97. The number of hydrogen-bond acceptors (Lipinski definition) is 1. The minimum absolute atomic E-state index is 0.606. The van der Waals surface area contributed by atoms with Gasteiger partial charge in [-0.25, -0.2) is 0 Å². The first-order valence-corrected chi connectivity index (χ1v) is 7.11. The Morgan fingerprint density at radius 2 is 1.80 bits per heavy atom. The minimum atomic E-state index is 0.606. The van der Waals surface area contributed by atoms with Crippen LogP contribution in [0.1, 0.15) is 19.4 Å². The molecule has 3 heteroatoms. The topological polar surface area (TPSA) is 36.4 Å². The molecule has 0 spiro atoms. The zero-order valence-corrected chi connectivity index (χ0v) is 12.5. The van der Waals surface area contributed by atoms with E-state index in [4.69, 9.17) is 0 Å². The van der Waals surface area contributed by atoms with Crippen LogP contribution in [0.2, 0.25) is 0 Å². The number of benzene rings is 2. The smallest absolute Gasteiger partial charge is 0.191 e. The lowest BCUT2D eigenvalue weighted by atomic mass is 10.1. The minimum Gasteiger partial charge on any atom is -0.356 e. The molecule has 2 aromatic rings. The first-order valence-electron chi connectivity index (χ1n) is 7.11. The Labute approximate surface area is 121 Å². The second-order valence-electron chi connectivity index (χ2n) is 5.38. The summed E-state index contributed by atoms with van der Waals surface area (Å²) in [5.74, 6) is 1.46. The van der Waals surface area contributed by atoms with Crippen molar-refractivity contribution in [1.29, 1.82) is 0 Å². The molecule has 2 rings (SSSR count). The van der Waals surface area contributed by atoms with Crippen LogP contribution < -0.4 is 10.6 Å². The van der Waals surface area contributed by atoms with E-state index in [2.05, 4.69) is 71.9 Å². The van der Waals surface area contributed by atoms with Gasteiger partial charge in [0, 0.05) is 20.1 Å². The third-order valence-electron chi connectivity index (χ3n) is 3.18. The van der Waals surface area contributed by atoms with Gasteiger partial charge in [-0.05, 0) is 28.3 Å². The van der Waals surface area contributed by atoms with Crippen LogP contribution in [0.15, 0.2) is 47.5 Å². The van der Waals surface area contributed by atoms with Gasteiger partial charge in [0.2, 0.25) is 0 Å². The molecule has 106 valence electrons. The summed E-state index contributed by atoms with van der Waals surface area (Å²) in [7, 11) is 1.80. The molecule has 0 aliphatic heterocycles. The molecule has 0 amide bonds. The van der Waals surface area contributed by atoms with Crippen LogP contribution in [0.3, 0.4) is 0 Å². The maximum Gasteiger partial charge on any atom is 0.191 e. The van der Waals surface area contributed by atoms with E-state index in [0.29, 0.717) is 5.92 Å². The van der Waals surface area contributed by atoms with E-state index < -0.39 is 0 Å². The quantitative estimate of drug-likeness (QED) is 0.661. The lowest BCUT2D eigenvalue weighted by molar-refractivity contribution is 0.614. The molecule has 2 N–H and O–H groups in total. The van der Waals surface area contributed by atoms with E-state index in [1.54, 1.807) is 7.05 Å². The summed E-state index contributed by atoms with van der Waals surface area (Å²) in [5, 5.41) is 9.21. The van der Waals surface area contributed by atoms with Gasteiger partial charge in [0.15, 0.2) is 5.96 Å². The number of nitrogens with zero attached hydrogens (tertiary/aromatic N) is 1. The van der Waals surface area contributed by atoms with Crippen LogP contribution in [0, 0.1) is 5.92 Å². The van der Waals surface area contributed by atoms with Crippen molar-refractivity contribution >= 4 is 16.7 Å². The molecule has 0 saturated carbocycles. The number of guanidine groups is 1. The van der Waals surface area contributed by atoms with E-state index in [-0.39, 0.29) is 0 Å². The second-order valence-corrected chi connectivity index (χ2v) is 5.38. The SMILES string of the molecule is CN=C(NCc1ccc2ccccc2c1)NCC(C)C. The van der Waals surface area contributed by atoms with Crippen molar-refractivity contribution in [2.45, 2.75) is 20.4 Å². The average Bonchev–Trinajstić information content (AvgIpc) is 2.47. The maximum atomic E-state index is 4.23. The molecule has 0 fully saturated rings. The largest absolute Gasteiger partial charge is 0.356 e. The highest BCUT2D eigenvalue weighted by Crippen LogP contribution is 2.15. The van der Waals surface area contributed by atoms with Gasteiger partial charge >= 0.3 is 0 Å². The van der Waals surface area contributed by atoms with Crippen molar-refractivity contribution in [3.63, 3.8) is 0 Å². The summed E-state index contributed by atoms with van der Waals surface area (Å²) in [6.07, 6.45) is 0. The Morgan fingerprint density at radius 3 is 2.50 bits per heavy atom. The molecule has 0 saturated heterocycles. The first-order chi connectivity index (χ1) is 9.69. The van der Waals surface area contributed by atoms with Crippen LogP contribution in [-0.4, -0.2) is 19.6 Å². The summed E-state index contributed by atoms with van der Waals surface area (Å²) in [6, 6.07) is 15.0. The molecule has 0 aliphatic carbocycles. The molecular formula is C17H23N3. The molecular weight excluding hydrogens is 246 g/mol. The van der Waals surface area contributed by atoms with E-state index in [1.165, 1.54) is 16.3 Å². The molecule has 0 aromatic heterocycles. The lowest BCUT2D eigenvalue weighted by Gasteiger charge is -2.13. The molecule has 20 heavy (non-hydrogen) atoms. The van der Waals surface area contributed by atoms with Gasteiger partial charge in [-0.1, -0.05) is 50.2 Å². The highest BCUT2D eigenvalue weighted by atomic mass is 15.2. The van der Waals surface area contributed by atoms with Gasteiger partial charge in [0.1, 0.15) is 0 Å². The fourth-order valence-electron chi connectivity index (χ4n) is 2.06. The fourth-order valence-corrected chi connectivity index (χ4v) is 2.06. The summed E-state index contributed by atoms with van der Waals surface area (Å²) >= 11 is 0. The van der Waals surface area contributed by atoms with Crippen molar-refractivity contribution in [3.05, 3.63) is 48.0 Å². The third kappa shape index (κ3) is 3.98. The molecule has 0 heterocycles. The standard InChI is InChI=1S/C17H23N3/c1-13(2)11-19-17(18-3)20-12-14-8-9-15-6-4-5-7-16(15)10-14/h4-10,13H,11-12H2,1-3H3,(H2,18,19,20). The average molecular weight is 269 g/mol. The molecule has 0 aliphatic rings. The number of fused-ring (bicyclic) bond motifs is 1. The van der Waals surface area contributed by atoms with Crippen molar-refractivity contribution in [2.24, 2.45) is 10.9 Å². The van der Waals surface area contributed by atoms with Crippen LogP contribution in [0.25, 0.3) is 10.8 Å². The first kappa shape index (κ1) is 14.4. The van der Waals surface area contributed by atoms with E-state index in [0.717, 1.165) is 19.0 Å². The van der Waals surface area contributed by atoms with Gasteiger partial charge in [-0.15, -0.1) is 0 Å². The van der Waals surface area contributed by atoms with Crippen LogP contribution in [0.5, 0.6) is 0 Å². The molecule has 2 aromatic carbocycles. The Hall–Kier alpha value is -2.03. The van der Waals surface area contributed by atoms with Crippen LogP contribution in [-0.2, 0) is 6.54 Å². The van der Waals surface area contributed by atoms with Gasteiger partial charge in [0.05, 0.1) is 0 Å². The zero-order valence-electron chi connectivity index (χ0n) is 12.5. The number of hydrogen-bond donors (Lipinski definition) is 2. The number of rotatable bonds is 4. The Kier molecular flexibility index (Phi) is 4.99. The van der Waals surface area contributed by atoms with Gasteiger partial charge in [-0.2, -0.15) is 0 Å². The van der Waals surface area contributed by atoms with E-state index in [9.17, 15) is 0 Å². The molecule has 0 atom stereocenters. The normalized spacial score (nSPS) is 11.9. The third-order valence-corrected chi connectivity index (χ3v) is 3.18. The van der Waals surface area contributed by atoms with Gasteiger partial charge in [-0.3, -0.25) is 4.99 Å². The maximum absolute atomic E-state index is 4.23. The monoisotopic (exact) mass is 269 g/mol. The van der Waals surface area contributed by atoms with Crippen molar-refractivity contribution in [1.82, 2.24) is 10.6 Å². The van der Waals surface area contributed by atoms with Crippen LogP contribution >= 0.6 is 0 Å². The van der Waals surface area contributed by atoms with E-state index in [1.807, 2.05) is 0 Å². The molecule has 0 radical (unpaired) electrons.